The lowest BCUT2D eigenvalue weighted by atomic mass is 9.98. The van der Waals surface area contributed by atoms with Crippen LogP contribution in [0.25, 0.3) is 0 Å². The number of benzene rings is 2. The van der Waals surface area contributed by atoms with Crippen molar-refractivity contribution in [3.05, 3.63) is 78.4 Å². The van der Waals surface area contributed by atoms with Gasteiger partial charge >= 0.3 is 0 Å². The molecule has 0 atom stereocenters. The summed E-state index contributed by atoms with van der Waals surface area (Å²) >= 11 is 0. The number of hydrogen-bond donors (Lipinski definition) is 0. The minimum Gasteiger partial charge on any atom is -0.326 e. The lowest BCUT2D eigenvalue weighted by Gasteiger charge is -2.20. The predicted molar refractivity (Wildman–Crippen MR) is 87.9 cm³/mol. The lowest BCUT2D eigenvalue weighted by Crippen LogP contribution is -2.10. The maximum Gasteiger partial charge on any atom is 0.240 e. The molecule has 0 aliphatic carbocycles. The predicted octanol–water partition coefficient (Wildman–Crippen LogP) is 3.46. The molecule has 1 aromatic heterocycles. The van der Waals surface area contributed by atoms with Crippen LogP contribution in [0.15, 0.2) is 77.2 Å². The van der Waals surface area contributed by atoms with Gasteiger partial charge in [-0.3, -0.25) is 0 Å². The zero-order valence-corrected chi connectivity index (χ0v) is 12.5. The fourth-order valence-corrected chi connectivity index (χ4v) is 2.53. The maximum atomic E-state index is 10.3. The Morgan fingerprint density at radius 2 is 1.33 bits per heavy atom. The van der Waals surface area contributed by atoms with E-state index >= 15 is 0 Å². The number of carbonyl (C=O) groups excluding carboxylic acids is 2. The van der Waals surface area contributed by atoms with E-state index < -0.39 is 0 Å². The van der Waals surface area contributed by atoms with Crippen LogP contribution in [0.2, 0.25) is 0 Å². The summed E-state index contributed by atoms with van der Waals surface area (Å²) in [5, 5.41) is 0. The Morgan fingerprint density at radius 3 is 1.71 bits per heavy atom. The molecule has 24 heavy (non-hydrogen) atoms. The van der Waals surface area contributed by atoms with Gasteiger partial charge in [0.05, 0.1) is 23.7 Å². The Hall–Kier alpha value is -3.59. The monoisotopic (exact) mass is 316 g/mol. The molecule has 0 radical (unpaired) electrons. The molecule has 0 saturated carbocycles. The van der Waals surface area contributed by atoms with Crippen LogP contribution in [0.4, 0.5) is 11.4 Å². The summed E-state index contributed by atoms with van der Waals surface area (Å²) in [6, 6.07) is 14.5. The number of nitrogens with zero attached hydrogens (tertiary/aromatic N) is 4. The van der Waals surface area contributed by atoms with Crippen LogP contribution in [0.1, 0.15) is 17.2 Å². The number of imidazole rings is 1. The van der Waals surface area contributed by atoms with Crippen molar-refractivity contribution in [1.82, 2.24) is 9.55 Å². The van der Waals surface area contributed by atoms with Gasteiger partial charge in [-0.25, -0.2) is 14.6 Å². The van der Waals surface area contributed by atoms with Gasteiger partial charge in [-0.1, -0.05) is 24.3 Å². The zero-order valence-electron chi connectivity index (χ0n) is 12.5. The molecular formula is C18H12N4O2. The molecule has 0 fully saturated rings. The summed E-state index contributed by atoms with van der Waals surface area (Å²) in [6.07, 6.45) is 8.38. The van der Waals surface area contributed by atoms with E-state index in [0.29, 0.717) is 11.4 Å². The second kappa shape index (κ2) is 7.11. The van der Waals surface area contributed by atoms with Crippen LogP contribution < -0.4 is 0 Å². The quantitative estimate of drug-likeness (QED) is 0.534. The minimum atomic E-state index is -0.101. The molecule has 0 saturated heterocycles. The highest BCUT2D eigenvalue weighted by Gasteiger charge is 2.15. The van der Waals surface area contributed by atoms with E-state index in [2.05, 4.69) is 15.0 Å². The molecule has 0 spiro atoms. The van der Waals surface area contributed by atoms with Gasteiger partial charge in [0.1, 0.15) is 0 Å². The normalized spacial score (nSPS) is 11.2. The van der Waals surface area contributed by atoms with E-state index in [1.54, 1.807) is 36.8 Å². The van der Waals surface area contributed by atoms with Gasteiger partial charge in [0.15, 0.2) is 0 Å². The molecule has 0 unspecified atom stereocenters. The van der Waals surface area contributed by atoms with Crippen LogP contribution in [0.3, 0.4) is 0 Å². The number of rotatable bonds is 5. The topological polar surface area (TPSA) is 76.7 Å². The van der Waals surface area contributed by atoms with Crippen molar-refractivity contribution in [1.29, 1.82) is 0 Å². The van der Waals surface area contributed by atoms with Gasteiger partial charge in [-0.15, -0.1) is 0 Å². The van der Waals surface area contributed by atoms with Crippen molar-refractivity contribution in [2.75, 3.05) is 0 Å². The molecular weight excluding hydrogens is 304 g/mol. The third kappa shape index (κ3) is 3.25. The highest BCUT2D eigenvalue weighted by molar-refractivity contribution is 5.52. The van der Waals surface area contributed by atoms with Crippen LogP contribution in [0, 0.1) is 0 Å². The fraction of sp³-hybridized carbons (Fsp3) is 0.0556. The highest BCUT2D eigenvalue weighted by Crippen LogP contribution is 2.29. The lowest BCUT2D eigenvalue weighted by molar-refractivity contribution is 0.564. The Morgan fingerprint density at radius 1 is 0.833 bits per heavy atom. The standard InChI is InChI=1S/C18H12N4O2/c23-12-20-16-5-1-14(2-6-16)18(22-10-9-19-11-22)15-3-7-17(8-4-15)21-13-24/h1-11,18H. The van der Waals surface area contributed by atoms with E-state index in [9.17, 15) is 9.59 Å². The first-order chi connectivity index (χ1) is 11.8. The van der Waals surface area contributed by atoms with E-state index in [-0.39, 0.29) is 6.04 Å². The Kier molecular flexibility index (Phi) is 4.54. The molecule has 1 heterocycles. The Bertz CT molecular complexity index is 841. The summed E-state index contributed by atoms with van der Waals surface area (Å²) in [5.41, 5.74) is 3.11. The molecule has 6 heteroatoms. The molecule has 0 N–H and O–H groups in total. The Labute approximate surface area is 137 Å². The smallest absolute Gasteiger partial charge is 0.240 e. The average Bonchev–Trinajstić information content (AvgIpc) is 3.13. The van der Waals surface area contributed by atoms with Crippen molar-refractivity contribution >= 4 is 23.5 Å². The first-order valence-corrected chi connectivity index (χ1v) is 7.15. The van der Waals surface area contributed by atoms with Gasteiger partial charge in [0, 0.05) is 12.4 Å². The molecule has 0 amide bonds. The highest BCUT2D eigenvalue weighted by atomic mass is 16.1. The summed E-state index contributed by atoms with van der Waals surface area (Å²) < 4.78 is 1.97. The zero-order chi connectivity index (χ0) is 16.8. The molecule has 3 aromatic rings. The molecule has 0 aliphatic rings. The largest absolute Gasteiger partial charge is 0.326 e. The van der Waals surface area contributed by atoms with Gasteiger partial charge < -0.3 is 4.57 Å². The van der Waals surface area contributed by atoms with Gasteiger partial charge in [0.2, 0.25) is 12.2 Å². The average molecular weight is 316 g/mol. The summed E-state index contributed by atoms with van der Waals surface area (Å²) in [7, 11) is 0. The summed E-state index contributed by atoms with van der Waals surface area (Å²) in [4.78, 5) is 32.0. The third-order valence-corrected chi connectivity index (χ3v) is 3.59. The van der Waals surface area contributed by atoms with Crippen LogP contribution >= 0.6 is 0 Å². The SMILES string of the molecule is O=C=Nc1ccc(C(c2ccc(N=C=O)cc2)n2ccnc2)cc1. The first-order valence-electron chi connectivity index (χ1n) is 7.15. The van der Waals surface area contributed by atoms with Gasteiger partial charge in [-0.2, -0.15) is 9.98 Å². The van der Waals surface area contributed by atoms with Crippen molar-refractivity contribution < 1.29 is 9.59 Å². The van der Waals surface area contributed by atoms with E-state index in [1.807, 2.05) is 35.0 Å². The molecule has 6 nitrogen and oxygen atoms in total. The van der Waals surface area contributed by atoms with Gasteiger partial charge in [-0.05, 0) is 35.4 Å². The van der Waals surface area contributed by atoms with Gasteiger partial charge in [0.25, 0.3) is 0 Å². The summed E-state index contributed by atoms with van der Waals surface area (Å²) in [5.74, 6) is 0. The molecule has 2 aromatic carbocycles. The molecule has 116 valence electrons. The molecule has 0 bridgehead atoms. The minimum absolute atomic E-state index is 0.101. The third-order valence-electron chi connectivity index (χ3n) is 3.59. The van der Waals surface area contributed by atoms with E-state index in [4.69, 9.17) is 0 Å². The number of aromatic nitrogens is 2. The van der Waals surface area contributed by atoms with Crippen LogP contribution in [0.5, 0.6) is 0 Å². The Balaban J connectivity index is 2.03. The second-order valence-corrected chi connectivity index (χ2v) is 5.00. The van der Waals surface area contributed by atoms with Crippen molar-refractivity contribution in [3.8, 4) is 0 Å². The fourth-order valence-electron chi connectivity index (χ4n) is 2.53. The van der Waals surface area contributed by atoms with E-state index in [1.165, 1.54) is 12.2 Å². The maximum absolute atomic E-state index is 10.3. The number of hydrogen-bond acceptors (Lipinski definition) is 5. The van der Waals surface area contributed by atoms with E-state index in [0.717, 1.165) is 11.1 Å². The second-order valence-electron chi connectivity index (χ2n) is 5.00. The molecule has 3 rings (SSSR count). The van der Waals surface area contributed by atoms with Crippen LogP contribution in [-0.4, -0.2) is 21.7 Å². The van der Waals surface area contributed by atoms with Crippen molar-refractivity contribution in [3.63, 3.8) is 0 Å². The van der Waals surface area contributed by atoms with Crippen molar-refractivity contribution in [2.45, 2.75) is 6.04 Å². The first kappa shape index (κ1) is 15.3. The van der Waals surface area contributed by atoms with Crippen LogP contribution in [-0.2, 0) is 9.59 Å². The summed E-state index contributed by atoms with van der Waals surface area (Å²) in [6.45, 7) is 0. The molecule has 0 aliphatic heterocycles. The van der Waals surface area contributed by atoms with Crippen molar-refractivity contribution in [2.24, 2.45) is 9.98 Å². The number of aliphatic imine (C=N–C) groups is 2. The number of isocyanates is 2.